The molecule has 0 N–H and O–H groups in total. The quantitative estimate of drug-likeness (QED) is 0.130. The van der Waals surface area contributed by atoms with Crippen LogP contribution < -0.4 is 4.74 Å². The molecular weight excluding hydrogens is 462 g/mol. The molecule has 0 unspecified atom stereocenters. The number of rotatable bonds is 12. The summed E-state index contributed by atoms with van der Waals surface area (Å²) in [5.41, 5.74) is -0.978. The van der Waals surface area contributed by atoms with E-state index in [4.69, 9.17) is 4.74 Å². The van der Waals surface area contributed by atoms with E-state index >= 15 is 0 Å². The van der Waals surface area contributed by atoms with Gasteiger partial charge in [-0.3, -0.25) is 19.7 Å². The fraction of sp³-hybridized carbons (Fsp3) is 0.619. The van der Waals surface area contributed by atoms with Gasteiger partial charge < -0.3 is 9.64 Å². The fourth-order valence-electron chi connectivity index (χ4n) is 3.52. The summed E-state index contributed by atoms with van der Waals surface area (Å²) >= 11 is 2.95. The molecule has 1 fully saturated rings. The van der Waals surface area contributed by atoms with Crippen LogP contribution in [-0.4, -0.2) is 63.2 Å². The Hall–Kier alpha value is -1.88. The topological polar surface area (TPSA) is 89.8 Å². The molecule has 1 heterocycles. The number of amides is 1. The Bertz CT molecular complexity index is 835. The van der Waals surface area contributed by atoms with Crippen molar-refractivity contribution in [3.8, 4) is 5.75 Å². The number of nitrogens with zero attached hydrogens (tertiary/aromatic N) is 2. The number of aldehydes is 1. The minimum atomic E-state index is -3.09. The monoisotopic (exact) mass is 490 g/mol. The summed E-state index contributed by atoms with van der Waals surface area (Å²) in [6.45, 7) is 5.20. The van der Waals surface area contributed by atoms with Gasteiger partial charge in [-0.1, -0.05) is 27.2 Å². The number of halogens is 2. The molecule has 2 rings (SSSR count). The largest absolute Gasteiger partial charge is 0.493 e. The number of nitro groups is 1. The van der Waals surface area contributed by atoms with Gasteiger partial charge in [0.25, 0.3) is 17.5 Å². The normalized spacial score (nSPS) is 17.6. The molecule has 1 aromatic carbocycles. The predicted molar refractivity (Wildman–Crippen MR) is 123 cm³/mol. The van der Waals surface area contributed by atoms with Crippen LogP contribution in [0.4, 0.5) is 14.5 Å². The number of hydrogen-bond donors (Lipinski definition) is 0. The molecule has 0 spiro atoms. The zero-order valence-corrected chi connectivity index (χ0v) is 20.0. The van der Waals surface area contributed by atoms with E-state index in [0.717, 1.165) is 23.5 Å². The van der Waals surface area contributed by atoms with Crippen LogP contribution in [0.25, 0.3) is 0 Å². The average molecular weight is 491 g/mol. The number of carbonyl (C=O) groups excluding carboxylic acids is 2. The van der Waals surface area contributed by atoms with Crippen LogP contribution in [0.1, 0.15) is 60.7 Å². The number of likely N-dealkylation sites (tertiary alicyclic amines) is 1. The first-order chi connectivity index (χ1) is 15.2. The SMILES string of the molecule is CCCCOc1cc([N+](=O)[O-])c(C(=O)N2CC(F)(F)C[C@H]2C(SCC)SCC)cc1C=O. The van der Waals surface area contributed by atoms with Crippen LogP contribution in [0.2, 0.25) is 0 Å². The lowest BCUT2D eigenvalue weighted by Crippen LogP contribution is -2.41. The first kappa shape index (κ1) is 26.4. The summed E-state index contributed by atoms with van der Waals surface area (Å²) in [6, 6.07) is 1.33. The molecule has 1 aliphatic rings. The van der Waals surface area contributed by atoms with Crippen molar-refractivity contribution in [1.82, 2.24) is 4.90 Å². The number of alkyl halides is 2. The van der Waals surface area contributed by atoms with Crippen molar-refractivity contribution in [2.24, 2.45) is 0 Å². The van der Waals surface area contributed by atoms with E-state index in [9.17, 15) is 28.5 Å². The van der Waals surface area contributed by atoms with E-state index < -0.39 is 41.4 Å². The van der Waals surface area contributed by atoms with Crippen molar-refractivity contribution in [2.45, 2.75) is 56.6 Å². The number of ether oxygens (including phenoxy) is 1. The third kappa shape index (κ3) is 6.34. The smallest absolute Gasteiger partial charge is 0.285 e. The van der Waals surface area contributed by atoms with E-state index in [2.05, 4.69) is 0 Å². The summed E-state index contributed by atoms with van der Waals surface area (Å²) < 4.78 is 34.0. The minimum absolute atomic E-state index is 0.000885. The summed E-state index contributed by atoms with van der Waals surface area (Å²) in [6.07, 6.45) is 1.45. The molecule has 11 heteroatoms. The van der Waals surface area contributed by atoms with Gasteiger partial charge in [0.1, 0.15) is 11.3 Å². The highest BCUT2D eigenvalue weighted by Crippen LogP contribution is 2.42. The maximum Gasteiger partial charge on any atom is 0.285 e. The van der Waals surface area contributed by atoms with Gasteiger partial charge in [-0.05, 0) is 24.0 Å². The minimum Gasteiger partial charge on any atom is -0.493 e. The molecule has 178 valence electrons. The van der Waals surface area contributed by atoms with E-state index in [1.165, 1.54) is 23.5 Å². The molecule has 1 saturated heterocycles. The van der Waals surface area contributed by atoms with Gasteiger partial charge in [-0.15, -0.1) is 23.5 Å². The Kier molecular flexibility index (Phi) is 9.75. The summed E-state index contributed by atoms with van der Waals surface area (Å²) in [5, 5.41) is 11.7. The molecule has 0 radical (unpaired) electrons. The van der Waals surface area contributed by atoms with Gasteiger partial charge >= 0.3 is 0 Å². The van der Waals surface area contributed by atoms with Crippen molar-refractivity contribution in [3.05, 3.63) is 33.4 Å². The Morgan fingerprint density at radius 3 is 2.53 bits per heavy atom. The lowest BCUT2D eigenvalue weighted by atomic mass is 10.1. The molecule has 0 bridgehead atoms. The second-order valence-corrected chi connectivity index (χ2v) is 10.5. The van der Waals surface area contributed by atoms with E-state index in [1.807, 2.05) is 20.8 Å². The Morgan fingerprint density at radius 2 is 2.00 bits per heavy atom. The summed E-state index contributed by atoms with van der Waals surface area (Å²) in [4.78, 5) is 36.9. The Morgan fingerprint density at radius 1 is 1.34 bits per heavy atom. The molecule has 1 aliphatic heterocycles. The van der Waals surface area contributed by atoms with Gasteiger partial charge in [0.2, 0.25) is 0 Å². The number of nitro benzene ring substituents is 1. The predicted octanol–water partition coefficient (Wildman–Crippen LogP) is 5.27. The highest BCUT2D eigenvalue weighted by molar-refractivity contribution is 8.17. The standard InChI is InChI=1S/C21H28F2N2O5S2/c1-4-7-8-30-18-10-16(25(28)29)15(9-14(18)12-26)19(27)24-13-21(22,23)11-17(24)20(31-5-2)32-6-3/h9-10,12,17,20H,4-8,11,13H2,1-3H3/t17-/m0/s1. The zero-order valence-electron chi connectivity index (χ0n) is 18.3. The van der Waals surface area contributed by atoms with Gasteiger partial charge in [0.15, 0.2) is 6.29 Å². The van der Waals surface area contributed by atoms with Crippen molar-refractivity contribution in [3.63, 3.8) is 0 Å². The molecule has 1 amide bonds. The van der Waals surface area contributed by atoms with Gasteiger partial charge in [0.05, 0.1) is 40.3 Å². The van der Waals surface area contributed by atoms with Crippen LogP contribution in [0.15, 0.2) is 12.1 Å². The summed E-state index contributed by atoms with van der Waals surface area (Å²) in [7, 11) is 0. The van der Waals surface area contributed by atoms with Crippen LogP contribution in [0.5, 0.6) is 5.75 Å². The van der Waals surface area contributed by atoms with E-state index in [1.54, 1.807) is 0 Å². The molecule has 0 saturated carbocycles. The van der Waals surface area contributed by atoms with Crippen LogP contribution in [0.3, 0.4) is 0 Å². The molecule has 0 aliphatic carbocycles. The first-order valence-corrected chi connectivity index (χ1v) is 12.6. The van der Waals surface area contributed by atoms with Crippen LogP contribution >= 0.6 is 23.5 Å². The van der Waals surface area contributed by atoms with Gasteiger partial charge in [0, 0.05) is 6.42 Å². The number of thioether (sulfide) groups is 2. The third-order valence-electron chi connectivity index (χ3n) is 4.98. The van der Waals surface area contributed by atoms with Gasteiger partial charge in [-0.2, -0.15) is 0 Å². The zero-order chi connectivity index (χ0) is 23.9. The second-order valence-electron chi connectivity index (χ2n) is 7.32. The molecule has 1 aromatic rings. The Labute approximate surface area is 194 Å². The van der Waals surface area contributed by atoms with Crippen molar-refractivity contribution >= 4 is 41.4 Å². The number of unbranched alkanes of at least 4 members (excludes halogenated alkanes) is 1. The summed E-state index contributed by atoms with van der Waals surface area (Å²) in [5.74, 6) is -2.60. The fourth-order valence-corrected chi connectivity index (χ4v) is 6.31. The van der Waals surface area contributed by atoms with E-state index in [-0.39, 0.29) is 28.1 Å². The molecule has 1 atom stereocenters. The van der Waals surface area contributed by atoms with Crippen molar-refractivity contribution in [1.29, 1.82) is 0 Å². The maximum atomic E-state index is 14.4. The molecular formula is C21H28F2N2O5S2. The maximum absolute atomic E-state index is 14.4. The first-order valence-electron chi connectivity index (χ1n) is 10.5. The molecule has 7 nitrogen and oxygen atoms in total. The number of benzene rings is 1. The number of carbonyl (C=O) groups is 2. The number of hydrogen-bond acceptors (Lipinski definition) is 7. The molecule has 0 aromatic heterocycles. The van der Waals surface area contributed by atoms with Crippen molar-refractivity contribution in [2.75, 3.05) is 24.7 Å². The van der Waals surface area contributed by atoms with E-state index in [0.29, 0.717) is 24.2 Å². The van der Waals surface area contributed by atoms with Crippen molar-refractivity contribution < 1.29 is 28.0 Å². The average Bonchev–Trinajstić information content (AvgIpc) is 3.08. The Balaban J connectivity index is 2.48. The lowest BCUT2D eigenvalue weighted by molar-refractivity contribution is -0.385. The van der Waals surface area contributed by atoms with Gasteiger partial charge in [-0.25, -0.2) is 8.78 Å². The molecule has 32 heavy (non-hydrogen) atoms. The lowest BCUT2D eigenvalue weighted by Gasteiger charge is -2.30. The van der Waals surface area contributed by atoms with Crippen LogP contribution in [0, 0.1) is 10.1 Å². The highest BCUT2D eigenvalue weighted by atomic mass is 32.2. The third-order valence-corrected chi connectivity index (χ3v) is 7.75. The van der Waals surface area contributed by atoms with Crippen LogP contribution in [-0.2, 0) is 0 Å². The highest BCUT2D eigenvalue weighted by Gasteiger charge is 2.50. The second kappa shape index (κ2) is 11.8.